The first-order valence-corrected chi connectivity index (χ1v) is 13.3. The van der Waals surface area contributed by atoms with Crippen LogP contribution in [0.3, 0.4) is 0 Å². The molecule has 2 heteroatoms. The summed E-state index contributed by atoms with van der Waals surface area (Å²) in [6, 6.07) is 40.4. The summed E-state index contributed by atoms with van der Waals surface area (Å²) in [5.41, 5.74) is 6.01. The average molecular weight is 493 g/mol. The predicted octanol–water partition coefficient (Wildman–Crippen LogP) is 7.43. The van der Waals surface area contributed by atoms with Crippen molar-refractivity contribution in [2.75, 3.05) is 0 Å². The number of hydrogen-bond acceptors (Lipinski definition) is 2. The minimum atomic E-state index is -1.04. The van der Waals surface area contributed by atoms with Crippen LogP contribution >= 0.6 is 0 Å². The number of carbonyl (C=O) groups excluding carboxylic acids is 2. The van der Waals surface area contributed by atoms with Crippen molar-refractivity contribution in [3.8, 4) is 0 Å². The first kappa shape index (κ1) is 22.9. The quantitative estimate of drug-likeness (QED) is 0.297. The summed E-state index contributed by atoms with van der Waals surface area (Å²) in [4.78, 5) is 29.8. The van der Waals surface area contributed by atoms with Crippen molar-refractivity contribution < 1.29 is 9.59 Å². The second-order valence-electron chi connectivity index (χ2n) is 11.0. The summed E-state index contributed by atoms with van der Waals surface area (Å²) in [6.07, 6.45) is 0. The molecule has 0 aliphatic heterocycles. The van der Waals surface area contributed by atoms with Gasteiger partial charge in [-0.2, -0.15) is 0 Å². The Bertz CT molecular complexity index is 1650. The van der Waals surface area contributed by atoms with E-state index < -0.39 is 16.7 Å². The minimum Gasteiger partial charge on any atom is -0.298 e. The summed E-state index contributed by atoms with van der Waals surface area (Å²) >= 11 is 0. The number of ketones is 2. The Morgan fingerprint density at radius 1 is 0.579 bits per heavy atom. The minimum absolute atomic E-state index is 0.0678. The highest BCUT2D eigenvalue weighted by molar-refractivity contribution is 6.38. The van der Waals surface area contributed by atoms with Gasteiger partial charge in [-0.15, -0.1) is 0 Å². The van der Waals surface area contributed by atoms with E-state index in [2.05, 4.69) is 38.1 Å². The van der Waals surface area contributed by atoms with Gasteiger partial charge >= 0.3 is 0 Å². The first-order chi connectivity index (χ1) is 18.5. The molecular formula is C36H28O2. The topological polar surface area (TPSA) is 34.1 Å². The van der Waals surface area contributed by atoms with E-state index in [0.29, 0.717) is 0 Å². The molecule has 1 fully saturated rings. The molecule has 4 aromatic rings. The maximum atomic E-state index is 14.9. The lowest BCUT2D eigenvalue weighted by atomic mass is 9.56. The molecule has 38 heavy (non-hydrogen) atoms. The van der Waals surface area contributed by atoms with Gasteiger partial charge in [-0.25, -0.2) is 0 Å². The number of allylic oxidation sites excluding steroid dienone is 4. The fourth-order valence-electron chi connectivity index (χ4n) is 8.09. The largest absolute Gasteiger partial charge is 0.298 e. The van der Waals surface area contributed by atoms with Gasteiger partial charge in [0.15, 0.2) is 11.6 Å². The first-order valence-electron chi connectivity index (χ1n) is 13.3. The maximum absolute atomic E-state index is 14.9. The van der Waals surface area contributed by atoms with Crippen LogP contribution in [0.15, 0.2) is 127 Å². The van der Waals surface area contributed by atoms with Crippen LogP contribution in [0.5, 0.6) is 0 Å². The van der Waals surface area contributed by atoms with E-state index in [1.54, 1.807) is 0 Å². The molecule has 184 valence electrons. The predicted molar refractivity (Wildman–Crippen MR) is 152 cm³/mol. The molecule has 0 aromatic heterocycles. The van der Waals surface area contributed by atoms with Crippen LogP contribution in [-0.2, 0) is 15.0 Å². The van der Waals surface area contributed by atoms with E-state index in [-0.39, 0.29) is 17.5 Å². The standard InChI is InChI=1S/C36H28O2/c1-23-29(25-17-9-4-10-18-25)36(27-21-13-6-14-22-27)33-32(37)28(24-15-7-3-8-16-24)31(26-19-11-5-12-20-26)35(33,2)30(23)34(36)38/h3-22,30,33H,1-2H3/t30-,33-,35+,36-/m0/s1. The molecule has 2 bridgehead atoms. The summed E-state index contributed by atoms with van der Waals surface area (Å²) in [7, 11) is 0. The maximum Gasteiger partial charge on any atom is 0.169 e. The number of carbonyl (C=O) groups is 2. The van der Waals surface area contributed by atoms with Crippen molar-refractivity contribution in [3.05, 3.63) is 149 Å². The molecule has 0 amide bonds. The highest BCUT2D eigenvalue weighted by atomic mass is 16.1. The lowest BCUT2D eigenvalue weighted by Gasteiger charge is -2.43. The summed E-state index contributed by atoms with van der Waals surface area (Å²) in [5, 5.41) is 0. The van der Waals surface area contributed by atoms with Crippen LogP contribution in [0, 0.1) is 17.3 Å². The monoisotopic (exact) mass is 492 g/mol. The van der Waals surface area contributed by atoms with E-state index in [1.807, 2.05) is 97.1 Å². The number of benzene rings is 4. The van der Waals surface area contributed by atoms with E-state index in [9.17, 15) is 9.59 Å². The van der Waals surface area contributed by atoms with Gasteiger partial charge in [0.25, 0.3) is 0 Å². The lowest BCUT2D eigenvalue weighted by molar-refractivity contribution is -0.125. The Morgan fingerprint density at radius 3 is 1.55 bits per heavy atom. The van der Waals surface area contributed by atoms with Gasteiger partial charge in [0.1, 0.15) is 0 Å². The Labute approximate surface area is 223 Å². The van der Waals surface area contributed by atoms with Gasteiger partial charge in [0, 0.05) is 11.0 Å². The van der Waals surface area contributed by atoms with Crippen molar-refractivity contribution in [3.63, 3.8) is 0 Å². The van der Waals surface area contributed by atoms with Gasteiger partial charge in [0.2, 0.25) is 0 Å². The zero-order valence-electron chi connectivity index (χ0n) is 21.5. The van der Waals surface area contributed by atoms with E-state index >= 15 is 0 Å². The Morgan fingerprint density at radius 2 is 1.03 bits per heavy atom. The number of fused-ring (bicyclic) bond motifs is 5. The molecule has 0 heterocycles. The van der Waals surface area contributed by atoms with E-state index in [0.717, 1.165) is 44.5 Å². The average Bonchev–Trinajstić information content (AvgIpc) is 3.43. The second-order valence-corrected chi connectivity index (χ2v) is 11.0. The molecule has 0 saturated heterocycles. The normalized spacial score (nSPS) is 27.8. The lowest BCUT2D eigenvalue weighted by Crippen LogP contribution is -2.44. The van der Waals surface area contributed by atoms with Gasteiger partial charge in [0.05, 0.1) is 17.3 Å². The van der Waals surface area contributed by atoms with Crippen LogP contribution in [0.4, 0.5) is 0 Å². The van der Waals surface area contributed by atoms with Crippen LogP contribution in [0.1, 0.15) is 36.1 Å². The fraction of sp³-hybridized carbons (Fsp3) is 0.167. The second kappa shape index (κ2) is 8.10. The number of rotatable bonds is 4. The smallest absolute Gasteiger partial charge is 0.169 e. The van der Waals surface area contributed by atoms with Gasteiger partial charge in [-0.1, -0.05) is 134 Å². The Hall–Kier alpha value is -4.30. The summed E-state index contributed by atoms with van der Waals surface area (Å²) in [6.45, 7) is 4.29. The molecular weight excluding hydrogens is 464 g/mol. The molecule has 4 atom stereocenters. The van der Waals surface area contributed by atoms with E-state index in [1.165, 1.54) is 0 Å². The molecule has 0 unspecified atom stereocenters. The van der Waals surface area contributed by atoms with Gasteiger partial charge < -0.3 is 0 Å². The van der Waals surface area contributed by atoms with Gasteiger partial charge in [-0.3, -0.25) is 9.59 Å². The molecule has 0 radical (unpaired) electrons. The number of hydrogen-bond donors (Lipinski definition) is 0. The number of Topliss-reactive ketones (excluding diaryl/α,β-unsaturated/α-hetero) is 2. The van der Waals surface area contributed by atoms with Crippen molar-refractivity contribution in [2.45, 2.75) is 19.3 Å². The Kier molecular flexibility index (Phi) is 4.87. The molecule has 0 spiro atoms. The summed E-state index contributed by atoms with van der Waals surface area (Å²) < 4.78 is 0. The van der Waals surface area contributed by atoms with Crippen molar-refractivity contribution >= 4 is 28.3 Å². The van der Waals surface area contributed by atoms with Crippen molar-refractivity contribution in [1.82, 2.24) is 0 Å². The molecule has 2 nitrogen and oxygen atoms in total. The third-order valence-electron chi connectivity index (χ3n) is 9.22. The van der Waals surface area contributed by atoms with Crippen molar-refractivity contribution in [2.24, 2.45) is 17.3 Å². The highest BCUT2D eigenvalue weighted by Gasteiger charge is 2.77. The molecule has 4 aromatic carbocycles. The van der Waals surface area contributed by atoms with Gasteiger partial charge in [-0.05, 0) is 40.3 Å². The summed E-state index contributed by atoms with van der Waals surface area (Å²) in [5.74, 6) is -0.692. The zero-order chi connectivity index (χ0) is 26.1. The molecule has 3 aliphatic carbocycles. The Balaban J connectivity index is 1.60. The molecule has 1 saturated carbocycles. The SMILES string of the molecule is CC1=C(c2ccccc2)[C@]2(c3ccccc3)C(=O)[C@H]1[C@]1(C)C(c3ccccc3)=C(c3ccccc3)C(=O)[C@H]21. The third-order valence-corrected chi connectivity index (χ3v) is 9.22. The van der Waals surface area contributed by atoms with Crippen LogP contribution < -0.4 is 0 Å². The fourth-order valence-corrected chi connectivity index (χ4v) is 8.09. The zero-order valence-corrected chi connectivity index (χ0v) is 21.5. The third kappa shape index (κ3) is 2.67. The van der Waals surface area contributed by atoms with Crippen LogP contribution in [0.2, 0.25) is 0 Å². The van der Waals surface area contributed by atoms with Crippen LogP contribution in [0.25, 0.3) is 16.7 Å². The molecule has 7 rings (SSSR count). The molecule has 0 N–H and O–H groups in total. The van der Waals surface area contributed by atoms with E-state index in [4.69, 9.17) is 0 Å². The van der Waals surface area contributed by atoms with Crippen LogP contribution in [-0.4, -0.2) is 11.6 Å². The van der Waals surface area contributed by atoms with Crippen molar-refractivity contribution in [1.29, 1.82) is 0 Å². The molecule has 3 aliphatic rings. The highest BCUT2D eigenvalue weighted by Crippen LogP contribution is 2.75.